The van der Waals surface area contributed by atoms with Crippen molar-refractivity contribution in [3.63, 3.8) is 0 Å². The predicted octanol–water partition coefficient (Wildman–Crippen LogP) is 9.74. The number of amides is 4. The quantitative estimate of drug-likeness (QED) is 0.0891. The molecule has 2 aliphatic carbocycles. The zero-order valence-electron chi connectivity index (χ0n) is 43.1. The normalized spacial score (nSPS) is 28.2. The second-order valence-electron chi connectivity index (χ2n) is 22.2. The van der Waals surface area contributed by atoms with E-state index in [1.807, 2.05) is 29.1 Å². The van der Waals surface area contributed by atoms with Crippen LogP contribution in [0.5, 0.6) is 0 Å². The number of nitrogens with one attached hydrogen (secondary N) is 4. The van der Waals surface area contributed by atoms with E-state index in [0.717, 1.165) is 89.7 Å². The Morgan fingerprint density at radius 2 is 1.26 bits per heavy atom. The number of H-pyrrole nitrogens is 2. The highest BCUT2D eigenvalue weighted by Gasteiger charge is 2.47. The molecule has 2 aromatic carbocycles. The molecule has 390 valence electrons. The van der Waals surface area contributed by atoms with Crippen molar-refractivity contribution in [2.24, 2.45) is 41.4 Å². The number of imidazole rings is 2. The minimum absolute atomic E-state index is 0.0290. The number of alkyl carbamates (subject to hydrolysis) is 2. The fourth-order valence-corrected chi connectivity index (χ4v) is 12.8. The SMILES string of the molecule is C=C1CC([C@H](NC(=O)OC)C(=O)N2CCC(C3CC3)C[C@H]2c2ncc(-c3ccc(-c4ccc(-c5cnc([C@@H]6C[C@@H](CC7CC7)CN6C(=O)[C@@H](CNC(=O)OC)C6C[C@@H](C)O[C@H](C)C6)[nH]5)cc4)cc3)[nH]2)C[C@@H](C)O1. The third-order valence-corrected chi connectivity index (χ3v) is 16.8. The topological polar surface area (TPSA) is 193 Å². The van der Waals surface area contributed by atoms with Crippen molar-refractivity contribution in [3.05, 3.63) is 84.9 Å². The summed E-state index contributed by atoms with van der Waals surface area (Å²) >= 11 is 0. The van der Waals surface area contributed by atoms with E-state index in [0.29, 0.717) is 49.4 Å². The van der Waals surface area contributed by atoms with Crippen LogP contribution in [0.4, 0.5) is 9.59 Å². The first kappa shape index (κ1) is 50.4. The van der Waals surface area contributed by atoms with Gasteiger partial charge in [-0.15, -0.1) is 0 Å². The van der Waals surface area contributed by atoms with Crippen molar-refractivity contribution in [1.82, 2.24) is 40.4 Å². The number of rotatable bonds is 15. The lowest BCUT2D eigenvalue weighted by molar-refractivity contribution is -0.142. The Morgan fingerprint density at radius 3 is 1.82 bits per heavy atom. The van der Waals surface area contributed by atoms with Crippen LogP contribution in [-0.4, -0.2) is 112 Å². The predicted molar refractivity (Wildman–Crippen MR) is 275 cm³/mol. The molecule has 16 nitrogen and oxygen atoms in total. The molecular formula is C57H74N8O8. The first-order valence-electron chi connectivity index (χ1n) is 26.9. The maximum atomic E-state index is 14.8. The molecule has 4 amide bonds. The Morgan fingerprint density at radius 1 is 0.685 bits per heavy atom. The van der Waals surface area contributed by atoms with Gasteiger partial charge in [-0.1, -0.05) is 68.0 Å². The second kappa shape index (κ2) is 21.7. The molecule has 2 unspecified atom stereocenters. The Labute approximate surface area is 429 Å². The molecule has 0 spiro atoms. The van der Waals surface area contributed by atoms with Crippen molar-refractivity contribution in [2.75, 3.05) is 33.9 Å². The molecule has 4 saturated heterocycles. The Kier molecular flexibility index (Phi) is 15.0. The lowest BCUT2D eigenvalue weighted by Gasteiger charge is -2.42. The van der Waals surface area contributed by atoms with Gasteiger partial charge in [-0.25, -0.2) is 19.6 Å². The van der Waals surface area contributed by atoms with Crippen LogP contribution in [0.15, 0.2) is 73.3 Å². The molecule has 0 radical (unpaired) electrons. The van der Waals surface area contributed by atoms with Crippen LogP contribution < -0.4 is 10.6 Å². The van der Waals surface area contributed by atoms with Crippen LogP contribution in [0.2, 0.25) is 0 Å². The first-order chi connectivity index (χ1) is 35.3. The molecule has 0 bridgehead atoms. The van der Waals surface area contributed by atoms with Gasteiger partial charge in [-0.3, -0.25) is 9.59 Å². The molecule has 4 aromatic rings. The molecule has 16 heteroatoms. The fraction of sp³-hybridized carbons (Fsp3) is 0.579. The summed E-state index contributed by atoms with van der Waals surface area (Å²) in [5, 5.41) is 5.75. The minimum atomic E-state index is -0.785. The molecule has 73 heavy (non-hydrogen) atoms. The Bertz CT molecular complexity index is 2600. The van der Waals surface area contributed by atoms with Crippen LogP contribution in [0.1, 0.15) is 122 Å². The lowest BCUT2D eigenvalue weighted by atomic mass is 9.80. The van der Waals surface area contributed by atoms with Crippen molar-refractivity contribution < 1.29 is 38.1 Å². The van der Waals surface area contributed by atoms with Gasteiger partial charge in [0.2, 0.25) is 11.8 Å². The van der Waals surface area contributed by atoms with Crippen molar-refractivity contribution in [1.29, 1.82) is 0 Å². The number of likely N-dealkylation sites (tertiary alicyclic amines) is 2. The monoisotopic (exact) mass is 999 g/mol. The number of nitrogens with zero attached hydrogens (tertiary/aromatic N) is 4. The zero-order valence-corrected chi connectivity index (χ0v) is 43.1. The molecule has 6 aliphatic rings. The Balaban J connectivity index is 0.831. The number of allylic oxidation sites excluding steroid dienone is 1. The molecule has 2 saturated carbocycles. The number of aromatic amines is 2. The largest absolute Gasteiger partial charge is 0.496 e. The first-order valence-corrected chi connectivity index (χ1v) is 26.9. The summed E-state index contributed by atoms with van der Waals surface area (Å²) in [4.78, 5) is 75.5. The maximum Gasteiger partial charge on any atom is 0.407 e. The molecular weight excluding hydrogens is 925 g/mol. The number of carbonyl (C=O) groups is 4. The number of hydrogen-bond acceptors (Lipinski definition) is 10. The number of piperidine rings is 1. The molecule has 4 aliphatic heterocycles. The van der Waals surface area contributed by atoms with Crippen LogP contribution in [0, 0.1) is 41.4 Å². The molecule has 6 heterocycles. The van der Waals surface area contributed by atoms with E-state index in [1.165, 1.54) is 39.9 Å². The highest BCUT2D eigenvalue weighted by Crippen LogP contribution is 2.48. The molecule has 2 aromatic heterocycles. The van der Waals surface area contributed by atoms with Gasteiger partial charge in [0, 0.05) is 26.1 Å². The van der Waals surface area contributed by atoms with Crippen LogP contribution in [0.25, 0.3) is 33.6 Å². The fourth-order valence-electron chi connectivity index (χ4n) is 12.8. The van der Waals surface area contributed by atoms with E-state index in [-0.39, 0.29) is 60.6 Å². The molecule has 4 N–H and O–H groups in total. The van der Waals surface area contributed by atoms with Crippen molar-refractivity contribution in [2.45, 2.75) is 134 Å². The van der Waals surface area contributed by atoms with Gasteiger partial charge in [-0.2, -0.15) is 0 Å². The van der Waals surface area contributed by atoms with Crippen LogP contribution in [0.3, 0.4) is 0 Å². The number of hydrogen-bond donors (Lipinski definition) is 4. The summed E-state index contributed by atoms with van der Waals surface area (Å²) < 4.78 is 21.8. The van der Waals surface area contributed by atoms with Gasteiger partial charge >= 0.3 is 12.2 Å². The third kappa shape index (κ3) is 11.6. The van der Waals surface area contributed by atoms with Gasteiger partial charge in [0.05, 0.1) is 80.1 Å². The van der Waals surface area contributed by atoms with E-state index in [1.54, 1.807) is 0 Å². The molecule has 10 atom stereocenters. The number of aromatic nitrogens is 4. The van der Waals surface area contributed by atoms with Gasteiger partial charge < -0.3 is 49.3 Å². The van der Waals surface area contributed by atoms with Crippen LogP contribution >= 0.6 is 0 Å². The summed E-state index contributed by atoms with van der Waals surface area (Å²) in [6.45, 7) is 11.6. The average molecular weight is 999 g/mol. The smallest absolute Gasteiger partial charge is 0.407 e. The van der Waals surface area contributed by atoms with Gasteiger partial charge in [0.15, 0.2) is 0 Å². The Hall–Kier alpha value is -6.16. The standard InChI is InChI=1S/C57H74N8O8/c1-32-21-44(22-33(2)72-32)46(28-60-56(68)70-5)54(66)65-31-37(25-36-7-8-36)26-49(65)52-58-29-47(61-52)41-15-11-38(12-16-41)39-13-17-42(18-14-39)48-30-59-53(62-48)50-27-43(40-9-10-40)19-20-64(50)55(67)51(63-57(69)71-6)45-23-34(3)73-35(4)24-45/h11-18,29-30,32-33,35-37,40,43-46,49-51H,3,7-10,19-28,31H2,1-2,4-6H3,(H,58,61)(H,59,62)(H,60,68)(H,63,69)/t32-,33-,35-,37-,43?,45?,46+,49+,50+,51+/m1/s1. The highest BCUT2D eigenvalue weighted by atomic mass is 16.5. The summed E-state index contributed by atoms with van der Waals surface area (Å²) in [6, 6.07) is 15.6. The zero-order chi connectivity index (χ0) is 50.9. The number of carbonyl (C=O) groups excluding carboxylic acids is 4. The summed E-state index contributed by atoms with van der Waals surface area (Å²) in [6.07, 6.45) is 13.8. The van der Waals surface area contributed by atoms with Crippen LogP contribution in [-0.2, 0) is 28.5 Å². The molecule has 10 rings (SSSR count). The average Bonchev–Trinajstić information content (AvgIpc) is 4.24. The number of benzene rings is 2. The highest BCUT2D eigenvalue weighted by molar-refractivity contribution is 5.86. The van der Waals surface area contributed by atoms with E-state index in [9.17, 15) is 19.2 Å². The van der Waals surface area contributed by atoms with E-state index in [4.69, 9.17) is 28.9 Å². The van der Waals surface area contributed by atoms with Gasteiger partial charge in [-0.05, 0) is 136 Å². The summed E-state index contributed by atoms with van der Waals surface area (Å²) in [7, 11) is 2.67. The summed E-state index contributed by atoms with van der Waals surface area (Å²) in [5.41, 5.74) is 5.88. The molecule has 6 fully saturated rings. The minimum Gasteiger partial charge on any atom is -0.496 e. The second-order valence-corrected chi connectivity index (χ2v) is 22.2. The number of methoxy groups -OCH3 is 2. The van der Waals surface area contributed by atoms with Crippen molar-refractivity contribution in [3.8, 4) is 33.6 Å². The van der Waals surface area contributed by atoms with Crippen molar-refractivity contribution >= 4 is 24.0 Å². The third-order valence-electron chi connectivity index (χ3n) is 16.8. The van der Waals surface area contributed by atoms with E-state index in [2.05, 4.69) is 89.6 Å². The van der Waals surface area contributed by atoms with Gasteiger partial charge in [0.25, 0.3) is 0 Å². The summed E-state index contributed by atoms with van der Waals surface area (Å²) in [5.74, 6) is 3.88. The van der Waals surface area contributed by atoms with E-state index >= 15 is 0 Å². The number of ether oxygens (including phenoxy) is 4. The van der Waals surface area contributed by atoms with Gasteiger partial charge in [0.1, 0.15) is 17.7 Å². The lowest BCUT2D eigenvalue weighted by Crippen LogP contribution is -2.55. The van der Waals surface area contributed by atoms with E-state index < -0.39 is 24.1 Å². The maximum absolute atomic E-state index is 14.8.